The largest absolute Gasteiger partial charge is 0.466 e. The summed E-state index contributed by atoms with van der Waals surface area (Å²) >= 11 is 7.51. The standard InChI is InChI=1S/C16H13ClO2S/c1-19-16(18)11-4-12-2-7-14(8-3-12)20-15-9-5-13(17)6-10-15/h2-11H,1H3/b11-4+. The van der Waals surface area contributed by atoms with Gasteiger partial charge in [-0.05, 0) is 48.0 Å². The molecule has 4 heteroatoms. The molecule has 2 aromatic rings. The second kappa shape index (κ2) is 7.17. The molecular weight excluding hydrogens is 292 g/mol. The van der Waals surface area contributed by atoms with Crippen molar-refractivity contribution in [2.24, 2.45) is 0 Å². The zero-order valence-corrected chi connectivity index (χ0v) is 12.4. The van der Waals surface area contributed by atoms with Crippen LogP contribution >= 0.6 is 23.4 Å². The summed E-state index contributed by atoms with van der Waals surface area (Å²) < 4.78 is 4.54. The van der Waals surface area contributed by atoms with E-state index >= 15 is 0 Å². The number of hydrogen-bond acceptors (Lipinski definition) is 3. The van der Waals surface area contributed by atoms with Crippen LogP contribution in [0, 0.1) is 0 Å². The second-order valence-corrected chi connectivity index (χ2v) is 5.56. The van der Waals surface area contributed by atoms with Crippen molar-refractivity contribution in [3.63, 3.8) is 0 Å². The van der Waals surface area contributed by atoms with E-state index < -0.39 is 0 Å². The SMILES string of the molecule is COC(=O)/C=C/c1ccc(Sc2ccc(Cl)cc2)cc1. The average molecular weight is 305 g/mol. The van der Waals surface area contributed by atoms with Crippen LogP contribution in [0.1, 0.15) is 5.56 Å². The zero-order valence-electron chi connectivity index (χ0n) is 10.9. The van der Waals surface area contributed by atoms with E-state index in [2.05, 4.69) is 4.74 Å². The zero-order chi connectivity index (χ0) is 14.4. The Morgan fingerprint density at radius 1 is 1.05 bits per heavy atom. The minimum absolute atomic E-state index is 0.357. The molecule has 2 rings (SSSR count). The summed E-state index contributed by atoms with van der Waals surface area (Å²) in [6.07, 6.45) is 3.13. The molecule has 0 radical (unpaired) electrons. The molecule has 0 N–H and O–H groups in total. The number of halogens is 1. The third kappa shape index (κ3) is 4.44. The lowest BCUT2D eigenvalue weighted by Crippen LogP contribution is -1.93. The molecule has 0 atom stereocenters. The lowest BCUT2D eigenvalue weighted by molar-refractivity contribution is -0.134. The fourth-order valence-corrected chi connectivity index (χ4v) is 2.46. The van der Waals surface area contributed by atoms with E-state index in [1.54, 1.807) is 17.8 Å². The number of benzene rings is 2. The topological polar surface area (TPSA) is 26.3 Å². The van der Waals surface area contributed by atoms with Crippen molar-refractivity contribution in [1.82, 2.24) is 0 Å². The van der Waals surface area contributed by atoms with Crippen LogP contribution in [0.4, 0.5) is 0 Å². The molecule has 2 aromatic carbocycles. The maximum Gasteiger partial charge on any atom is 0.330 e. The Morgan fingerprint density at radius 2 is 1.60 bits per heavy atom. The highest BCUT2D eigenvalue weighted by Crippen LogP contribution is 2.28. The molecule has 2 nitrogen and oxygen atoms in total. The number of carbonyl (C=O) groups is 1. The van der Waals surface area contributed by atoms with Crippen molar-refractivity contribution >= 4 is 35.4 Å². The second-order valence-electron chi connectivity index (χ2n) is 3.98. The molecule has 20 heavy (non-hydrogen) atoms. The van der Waals surface area contributed by atoms with E-state index in [-0.39, 0.29) is 5.97 Å². The van der Waals surface area contributed by atoms with E-state index in [1.165, 1.54) is 13.2 Å². The smallest absolute Gasteiger partial charge is 0.330 e. The Bertz CT molecular complexity index is 603. The number of hydrogen-bond donors (Lipinski definition) is 0. The maximum atomic E-state index is 11.0. The number of carbonyl (C=O) groups excluding carboxylic acids is 1. The molecule has 0 aliphatic heterocycles. The summed E-state index contributed by atoms with van der Waals surface area (Å²) in [5.41, 5.74) is 0.954. The normalized spacial score (nSPS) is 10.7. The van der Waals surface area contributed by atoms with Gasteiger partial charge < -0.3 is 4.74 Å². The van der Waals surface area contributed by atoms with Crippen LogP contribution in [0.2, 0.25) is 5.02 Å². The molecule has 0 aliphatic carbocycles. The van der Waals surface area contributed by atoms with Crippen molar-refractivity contribution in [2.75, 3.05) is 7.11 Å². The first-order valence-electron chi connectivity index (χ1n) is 5.97. The fraction of sp³-hybridized carbons (Fsp3) is 0.0625. The third-order valence-corrected chi connectivity index (χ3v) is 3.81. The highest BCUT2D eigenvalue weighted by atomic mass is 35.5. The van der Waals surface area contributed by atoms with Crippen LogP contribution in [0.25, 0.3) is 6.08 Å². The van der Waals surface area contributed by atoms with Gasteiger partial charge in [0.15, 0.2) is 0 Å². The third-order valence-electron chi connectivity index (χ3n) is 2.54. The summed E-state index contributed by atoms with van der Waals surface area (Å²) in [4.78, 5) is 13.3. The van der Waals surface area contributed by atoms with Crippen LogP contribution < -0.4 is 0 Å². The minimum atomic E-state index is -0.357. The average Bonchev–Trinajstić information content (AvgIpc) is 2.48. The van der Waals surface area contributed by atoms with Crippen molar-refractivity contribution in [3.05, 3.63) is 65.2 Å². The van der Waals surface area contributed by atoms with Gasteiger partial charge in [-0.2, -0.15) is 0 Å². The molecule has 0 heterocycles. The molecule has 0 unspecified atom stereocenters. The van der Waals surface area contributed by atoms with Crippen molar-refractivity contribution in [3.8, 4) is 0 Å². The number of esters is 1. The van der Waals surface area contributed by atoms with Gasteiger partial charge in [0, 0.05) is 20.9 Å². The Hall–Kier alpha value is -1.71. The number of ether oxygens (including phenoxy) is 1. The molecule has 0 fully saturated rings. The van der Waals surface area contributed by atoms with Crippen LogP contribution in [0.15, 0.2) is 64.4 Å². The van der Waals surface area contributed by atoms with Crippen LogP contribution in [0.5, 0.6) is 0 Å². The summed E-state index contributed by atoms with van der Waals surface area (Å²) in [6.45, 7) is 0. The predicted octanol–water partition coefficient (Wildman–Crippen LogP) is 4.68. The molecule has 0 aliphatic rings. The minimum Gasteiger partial charge on any atom is -0.466 e. The highest BCUT2D eigenvalue weighted by molar-refractivity contribution is 7.99. The molecule has 0 spiro atoms. The van der Waals surface area contributed by atoms with Crippen molar-refractivity contribution < 1.29 is 9.53 Å². The van der Waals surface area contributed by atoms with Gasteiger partial charge in [-0.15, -0.1) is 0 Å². The van der Waals surface area contributed by atoms with Gasteiger partial charge in [-0.3, -0.25) is 0 Å². The van der Waals surface area contributed by atoms with Gasteiger partial charge >= 0.3 is 5.97 Å². The van der Waals surface area contributed by atoms with Crippen LogP contribution in [-0.2, 0) is 9.53 Å². The molecule has 0 saturated carbocycles. The molecule has 0 amide bonds. The highest BCUT2D eigenvalue weighted by Gasteiger charge is 1.98. The number of methoxy groups -OCH3 is 1. The fourth-order valence-electron chi connectivity index (χ4n) is 1.52. The Kier molecular flexibility index (Phi) is 5.27. The summed E-state index contributed by atoms with van der Waals surface area (Å²) in [6, 6.07) is 15.6. The van der Waals surface area contributed by atoms with Crippen LogP contribution in [0.3, 0.4) is 0 Å². The Labute approximate surface area is 127 Å². The molecule has 0 aromatic heterocycles. The Morgan fingerprint density at radius 3 is 2.15 bits per heavy atom. The molecule has 0 bridgehead atoms. The van der Waals surface area contributed by atoms with Gasteiger partial charge in [-0.1, -0.05) is 35.5 Å². The lowest BCUT2D eigenvalue weighted by atomic mass is 10.2. The van der Waals surface area contributed by atoms with E-state index in [1.807, 2.05) is 48.5 Å². The monoisotopic (exact) mass is 304 g/mol. The van der Waals surface area contributed by atoms with E-state index in [9.17, 15) is 4.79 Å². The van der Waals surface area contributed by atoms with E-state index in [0.29, 0.717) is 0 Å². The molecular formula is C16H13ClO2S. The van der Waals surface area contributed by atoms with Gasteiger partial charge in [0.25, 0.3) is 0 Å². The summed E-state index contributed by atoms with van der Waals surface area (Å²) in [5.74, 6) is -0.357. The van der Waals surface area contributed by atoms with Gasteiger partial charge in [0.2, 0.25) is 0 Å². The van der Waals surface area contributed by atoms with E-state index in [4.69, 9.17) is 11.6 Å². The molecule has 0 saturated heterocycles. The van der Waals surface area contributed by atoms with Crippen LogP contribution in [-0.4, -0.2) is 13.1 Å². The van der Waals surface area contributed by atoms with Crippen molar-refractivity contribution in [2.45, 2.75) is 9.79 Å². The predicted molar refractivity (Wildman–Crippen MR) is 83.1 cm³/mol. The van der Waals surface area contributed by atoms with Gasteiger partial charge in [-0.25, -0.2) is 4.79 Å². The van der Waals surface area contributed by atoms with Crippen molar-refractivity contribution in [1.29, 1.82) is 0 Å². The first-order valence-corrected chi connectivity index (χ1v) is 7.16. The Balaban J connectivity index is 2.03. The first-order chi connectivity index (χ1) is 9.67. The number of rotatable bonds is 4. The lowest BCUT2D eigenvalue weighted by Gasteiger charge is -2.02. The maximum absolute atomic E-state index is 11.0. The van der Waals surface area contributed by atoms with E-state index in [0.717, 1.165) is 20.4 Å². The van der Waals surface area contributed by atoms with Gasteiger partial charge in [0.05, 0.1) is 7.11 Å². The molecule has 102 valence electrons. The summed E-state index contributed by atoms with van der Waals surface area (Å²) in [5, 5.41) is 0.734. The quantitative estimate of drug-likeness (QED) is 0.606. The first kappa shape index (κ1) is 14.7. The van der Waals surface area contributed by atoms with Gasteiger partial charge in [0.1, 0.15) is 0 Å². The summed E-state index contributed by atoms with van der Waals surface area (Å²) in [7, 11) is 1.36.